The minimum absolute atomic E-state index is 0.142. The third-order valence-corrected chi connectivity index (χ3v) is 3.92. The lowest BCUT2D eigenvalue weighted by Gasteiger charge is -2.22. The van der Waals surface area contributed by atoms with Crippen LogP contribution in [0.2, 0.25) is 0 Å². The topological polar surface area (TPSA) is 75.6 Å². The molecule has 0 aliphatic heterocycles. The van der Waals surface area contributed by atoms with E-state index in [2.05, 4.69) is 12.2 Å². The number of amides is 1. The van der Waals surface area contributed by atoms with E-state index in [0.717, 1.165) is 12.8 Å². The number of rotatable bonds is 9. The molecule has 0 aliphatic carbocycles. The van der Waals surface area contributed by atoms with E-state index in [1.807, 2.05) is 31.2 Å². The first-order chi connectivity index (χ1) is 10.9. The second kappa shape index (κ2) is 9.18. The molecule has 1 aromatic rings. The van der Waals surface area contributed by atoms with E-state index in [1.165, 1.54) is 5.56 Å². The van der Waals surface area contributed by atoms with Crippen molar-refractivity contribution in [1.82, 2.24) is 5.32 Å². The van der Waals surface area contributed by atoms with Crippen molar-refractivity contribution < 1.29 is 19.4 Å². The lowest BCUT2D eigenvalue weighted by molar-refractivity contribution is -0.144. The maximum absolute atomic E-state index is 12.2. The highest BCUT2D eigenvalue weighted by atomic mass is 16.5. The molecule has 3 unspecified atom stereocenters. The van der Waals surface area contributed by atoms with Gasteiger partial charge in [-0.25, -0.2) is 4.79 Å². The van der Waals surface area contributed by atoms with Crippen molar-refractivity contribution in [1.29, 1.82) is 0 Å². The Hall–Kier alpha value is -2.04. The molecule has 0 saturated heterocycles. The van der Waals surface area contributed by atoms with Crippen LogP contribution in [0.15, 0.2) is 24.3 Å². The Bertz CT molecular complexity index is 512. The SMILES string of the molecule is CCCc1ccc(OC(C)C(=O)NC(C(=O)O)C(C)CC)cc1. The third-order valence-electron chi connectivity index (χ3n) is 3.92. The molecule has 0 spiro atoms. The van der Waals surface area contributed by atoms with Gasteiger partial charge in [0.1, 0.15) is 11.8 Å². The number of carboxylic acids is 1. The molecule has 5 heteroatoms. The number of aliphatic carboxylic acids is 1. The van der Waals surface area contributed by atoms with Gasteiger partial charge in [0.25, 0.3) is 5.91 Å². The predicted molar refractivity (Wildman–Crippen MR) is 89.5 cm³/mol. The van der Waals surface area contributed by atoms with Gasteiger partial charge in [-0.15, -0.1) is 0 Å². The number of hydrogen-bond acceptors (Lipinski definition) is 3. The zero-order valence-electron chi connectivity index (χ0n) is 14.3. The lowest BCUT2D eigenvalue weighted by atomic mass is 9.99. The minimum Gasteiger partial charge on any atom is -0.481 e. The first-order valence-electron chi connectivity index (χ1n) is 8.17. The molecule has 0 bridgehead atoms. The molecule has 2 N–H and O–H groups in total. The lowest BCUT2D eigenvalue weighted by Crippen LogP contribution is -2.49. The molecule has 23 heavy (non-hydrogen) atoms. The predicted octanol–water partition coefficient (Wildman–Crippen LogP) is 3.02. The van der Waals surface area contributed by atoms with Crippen molar-refractivity contribution in [2.45, 2.75) is 59.1 Å². The third kappa shape index (κ3) is 5.93. The number of benzene rings is 1. The average Bonchev–Trinajstić information content (AvgIpc) is 2.53. The number of nitrogens with one attached hydrogen (secondary N) is 1. The summed E-state index contributed by atoms with van der Waals surface area (Å²) in [4.78, 5) is 23.4. The van der Waals surface area contributed by atoms with Crippen molar-refractivity contribution >= 4 is 11.9 Å². The van der Waals surface area contributed by atoms with Crippen LogP contribution in [0.3, 0.4) is 0 Å². The van der Waals surface area contributed by atoms with Crippen molar-refractivity contribution in [2.24, 2.45) is 5.92 Å². The Balaban J connectivity index is 2.63. The van der Waals surface area contributed by atoms with Crippen LogP contribution in [0, 0.1) is 5.92 Å². The van der Waals surface area contributed by atoms with E-state index in [4.69, 9.17) is 4.74 Å². The molecule has 0 saturated carbocycles. The molecule has 1 amide bonds. The van der Waals surface area contributed by atoms with Gasteiger partial charge in [0, 0.05) is 0 Å². The normalized spacial score (nSPS) is 14.6. The zero-order chi connectivity index (χ0) is 17.4. The second-order valence-corrected chi connectivity index (χ2v) is 5.86. The van der Waals surface area contributed by atoms with Gasteiger partial charge < -0.3 is 15.2 Å². The van der Waals surface area contributed by atoms with Gasteiger partial charge in [-0.05, 0) is 37.0 Å². The molecule has 1 rings (SSSR count). The maximum Gasteiger partial charge on any atom is 0.326 e. The number of carbonyl (C=O) groups is 2. The summed E-state index contributed by atoms with van der Waals surface area (Å²) in [5, 5.41) is 11.8. The van der Waals surface area contributed by atoms with Crippen LogP contribution in [-0.2, 0) is 16.0 Å². The molecule has 0 aliphatic rings. The summed E-state index contributed by atoms with van der Waals surface area (Å²) in [7, 11) is 0. The number of hydrogen-bond donors (Lipinski definition) is 2. The summed E-state index contributed by atoms with van der Waals surface area (Å²) in [6.07, 6.45) is 2.00. The van der Waals surface area contributed by atoms with Crippen LogP contribution < -0.4 is 10.1 Å². The summed E-state index contributed by atoms with van der Waals surface area (Å²) in [6.45, 7) is 7.43. The molecule has 1 aromatic carbocycles. The Labute approximate surface area is 138 Å². The molecule has 0 radical (unpaired) electrons. The number of aryl methyl sites for hydroxylation is 1. The zero-order valence-corrected chi connectivity index (χ0v) is 14.3. The van der Waals surface area contributed by atoms with Gasteiger partial charge in [-0.1, -0.05) is 45.7 Å². The monoisotopic (exact) mass is 321 g/mol. The van der Waals surface area contributed by atoms with Crippen molar-refractivity contribution in [3.05, 3.63) is 29.8 Å². The first kappa shape index (κ1) is 19.0. The summed E-state index contributed by atoms with van der Waals surface area (Å²) < 4.78 is 5.60. The summed E-state index contributed by atoms with van der Waals surface area (Å²) in [5.41, 5.74) is 1.22. The van der Waals surface area contributed by atoms with E-state index in [0.29, 0.717) is 12.2 Å². The van der Waals surface area contributed by atoms with Crippen LogP contribution in [0.4, 0.5) is 0 Å². The Kier molecular flexibility index (Phi) is 7.59. The molecular weight excluding hydrogens is 294 g/mol. The molecule has 0 aromatic heterocycles. The highest BCUT2D eigenvalue weighted by molar-refractivity contribution is 5.86. The number of ether oxygens (including phenoxy) is 1. The highest BCUT2D eigenvalue weighted by Gasteiger charge is 2.27. The van der Waals surface area contributed by atoms with Crippen LogP contribution in [0.25, 0.3) is 0 Å². The van der Waals surface area contributed by atoms with Crippen molar-refractivity contribution in [2.75, 3.05) is 0 Å². The molecule has 0 heterocycles. The van der Waals surface area contributed by atoms with Crippen LogP contribution in [0.1, 0.15) is 46.1 Å². The van der Waals surface area contributed by atoms with E-state index in [9.17, 15) is 14.7 Å². The first-order valence-corrected chi connectivity index (χ1v) is 8.17. The molecule has 0 fully saturated rings. The standard InChI is InChI=1S/C18H27NO4/c1-5-7-14-8-10-15(11-9-14)23-13(4)17(20)19-16(18(21)22)12(3)6-2/h8-13,16H,5-7H2,1-4H3,(H,19,20)(H,21,22). The van der Waals surface area contributed by atoms with Gasteiger partial charge in [0.2, 0.25) is 0 Å². The fourth-order valence-corrected chi connectivity index (χ4v) is 2.23. The van der Waals surface area contributed by atoms with Crippen LogP contribution in [-0.4, -0.2) is 29.1 Å². The van der Waals surface area contributed by atoms with Gasteiger partial charge in [-0.2, -0.15) is 0 Å². The van der Waals surface area contributed by atoms with Crippen LogP contribution in [0.5, 0.6) is 5.75 Å². The Morgan fingerprint density at radius 3 is 2.26 bits per heavy atom. The Morgan fingerprint density at radius 1 is 1.17 bits per heavy atom. The van der Waals surface area contributed by atoms with Crippen molar-refractivity contribution in [3.63, 3.8) is 0 Å². The smallest absolute Gasteiger partial charge is 0.326 e. The van der Waals surface area contributed by atoms with E-state index in [-0.39, 0.29) is 5.92 Å². The van der Waals surface area contributed by atoms with Gasteiger partial charge >= 0.3 is 5.97 Å². The summed E-state index contributed by atoms with van der Waals surface area (Å²) in [5.74, 6) is -0.987. The average molecular weight is 321 g/mol. The van der Waals surface area contributed by atoms with Gasteiger partial charge in [0.05, 0.1) is 0 Å². The number of carboxylic acid groups (broad SMARTS) is 1. The van der Waals surface area contributed by atoms with Gasteiger partial charge in [0.15, 0.2) is 6.10 Å². The maximum atomic E-state index is 12.2. The second-order valence-electron chi connectivity index (χ2n) is 5.86. The van der Waals surface area contributed by atoms with E-state index in [1.54, 1.807) is 13.8 Å². The molecule has 3 atom stereocenters. The fraction of sp³-hybridized carbons (Fsp3) is 0.556. The minimum atomic E-state index is -1.02. The van der Waals surface area contributed by atoms with Gasteiger partial charge in [-0.3, -0.25) is 4.79 Å². The van der Waals surface area contributed by atoms with E-state index >= 15 is 0 Å². The number of carbonyl (C=O) groups excluding carboxylic acids is 1. The summed E-state index contributed by atoms with van der Waals surface area (Å²) >= 11 is 0. The van der Waals surface area contributed by atoms with Crippen LogP contribution >= 0.6 is 0 Å². The molecular formula is C18H27NO4. The Morgan fingerprint density at radius 2 is 1.78 bits per heavy atom. The highest BCUT2D eigenvalue weighted by Crippen LogP contribution is 2.15. The largest absolute Gasteiger partial charge is 0.481 e. The van der Waals surface area contributed by atoms with E-state index < -0.39 is 24.0 Å². The molecule has 5 nitrogen and oxygen atoms in total. The quantitative estimate of drug-likeness (QED) is 0.733. The molecule has 128 valence electrons. The fourth-order valence-electron chi connectivity index (χ4n) is 2.23. The summed E-state index contributed by atoms with van der Waals surface area (Å²) in [6, 6.07) is 6.71. The van der Waals surface area contributed by atoms with Crippen molar-refractivity contribution in [3.8, 4) is 5.75 Å².